The van der Waals surface area contributed by atoms with Crippen molar-refractivity contribution in [3.8, 4) is 0 Å². The molecule has 0 aliphatic heterocycles. The maximum absolute atomic E-state index is 12.3. The first-order valence-corrected chi connectivity index (χ1v) is 10.7. The van der Waals surface area contributed by atoms with Crippen LogP contribution in [0.4, 0.5) is 0 Å². The molecule has 11 nitrogen and oxygen atoms in total. The summed E-state index contributed by atoms with van der Waals surface area (Å²) >= 11 is 0. The van der Waals surface area contributed by atoms with Crippen LogP contribution in [0.15, 0.2) is 76.9 Å². The third kappa shape index (κ3) is 7.99. The third-order valence-electron chi connectivity index (χ3n) is 4.69. The van der Waals surface area contributed by atoms with E-state index in [0.29, 0.717) is 11.1 Å². The van der Waals surface area contributed by atoms with E-state index in [0.717, 1.165) is 11.1 Å². The summed E-state index contributed by atoms with van der Waals surface area (Å²) in [6.07, 6.45) is 3.14. The van der Waals surface area contributed by atoms with E-state index >= 15 is 0 Å². The highest BCUT2D eigenvalue weighted by atomic mass is 16.2. The molecule has 0 fully saturated rings. The van der Waals surface area contributed by atoms with Crippen LogP contribution in [0.25, 0.3) is 0 Å². The average molecular weight is 486 g/mol. The Balaban J connectivity index is 1.54. The Kier molecular flexibility index (Phi) is 8.71. The van der Waals surface area contributed by atoms with Crippen molar-refractivity contribution in [2.75, 3.05) is 0 Å². The van der Waals surface area contributed by atoms with Crippen molar-refractivity contribution in [2.45, 2.75) is 12.8 Å². The fourth-order valence-electron chi connectivity index (χ4n) is 2.98. The predicted octanol–water partition coefficient (Wildman–Crippen LogP) is 0.665. The number of rotatable bonds is 10. The molecule has 0 spiro atoms. The van der Waals surface area contributed by atoms with Crippen molar-refractivity contribution in [3.05, 3.63) is 100 Å². The molecule has 4 amide bonds. The van der Waals surface area contributed by atoms with Gasteiger partial charge in [-0.3, -0.25) is 19.2 Å². The number of nitrogens with two attached hydrogens (primary N) is 2. The molecule has 6 N–H and O–H groups in total. The standard InChI is InChI=1S/C25H23N7O4/c26-22(33)12-16-4-8-18(9-5-16)14-28-31-24(35)20-2-1-3-21(30-20)25(36)32-29-15-19-10-6-17(7-11-19)13-23(27)34/h1-11,14-15H,12-13H2,(H2,26,33)(H2,27,34)(H,31,35)(H,32,36). The molecule has 11 heteroatoms. The van der Waals surface area contributed by atoms with Gasteiger partial charge in [0.1, 0.15) is 11.4 Å². The van der Waals surface area contributed by atoms with Gasteiger partial charge in [0.05, 0.1) is 25.3 Å². The maximum atomic E-state index is 12.3. The minimum absolute atomic E-state index is 0.00868. The first-order valence-electron chi connectivity index (χ1n) is 10.7. The first kappa shape index (κ1) is 25.4. The first-order chi connectivity index (χ1) is 17.3. The van der Waals surface area contributed by atoms with E-state index in [4.69, 9.17) is 11.5 Å². The Hall–Kier alpha value is -5.19. The second-order valence-electron chi connectivity index (χ2n) is 7.58. The van der Waals surface area contributed by atoms with Crippen LogP contribution in [0.5, 0.6) is 0 Å². The molecule has 1 heterocycles. The monoisotopic (exact) mass is 485 g/mol. The number of carbonyl (C=O) groups is 4. The number of nitrogens with one attached hydrogen (secondary N) is 2. The van der Waals surface area contributed by atoms with Crippen molar-refractivity contribution in [3.63, 3.8) is 0 Å². The second-order valence-corrected chi connectivity index (χ2v) is 7.58. The van der Waals surface area contributed by atoms with Gasteiger partial charge >= 0.3 is 0 Å². The van der Waals surface area contributed by atoms with E-state index in [2.05, 4.69) is 26.0 Å². The number of amides is 4. The summed E-state index contributed by atoms with van der Waals surface area (Å²) in [5.41, 5.74) is 17.9. The van der Waals surface area contributed by atoms with E-state index in [1.165, 1.54) is 30.6 Å². The summed E-state index contributed by atoms with van der Waals surface area (Å²) in [6.45, 7) is 0. The van der Waals surface area contributed by atoms with Gasteiger partial charge in [-0.25, -0.2) is 15.8 Å². The zero-order valence-electron chi connectivity index (χ0n) is 19.0. The van der Waals surface area contributed by atoms with E-state index < -0.39 is 23.6 Å². The molecule has 182 valence electrons. The maximum Gasteiger partial charge on any atom is 0.289 e. The Bertz CT molecular complexity index is 1220. The number of hydrogen-bond acceptors (Lipinski definition) is 7. The topological polar surface area (TPSA) is 182 Å². The van der Waals surface area contributed by atoms with Crippen LogP contribution in [0, 0.1) is 0 Å². The zero-order chi connectivity index (χ0) is 25.9. The molecule has 0 bridgehead atoms. The van der Waals surface area contributed by atoms with E-state index in [-0.39, 0.29) is 24.2 Å². The third-order valence-corrected chi connectivity index (χ3v) is 4.69. The highest BCUT2D eigenvalue weighted by Gasteiger charge is 2.11. The summed E-state index contributed by atoms with van der Waals surface area (Å²) in [7, 11) is 0. The van der Waals surface area contributed by atoms with Gasteiger partial charge in [0.25, 0.3) is 11.8 Å². The largest absolute Gasteiger partial charge is 0.369 e. The number of pyridine rings is 1. The number of aromatic nitrogens is 1. The molecule has 0 saturated heterocycles. The summed E-state index contributed by atoms with van der Waals surface area (Å²) in [4.78, 5) is 50.6. The molecule has 36 heavy (non-hydrogen) atoms. The molecule has 0 radical (unpaired) electrons. The Labute approximate surface area is 206 Å². The van der Waals surface area contributed by atoms with E-state index in [1.807, 2.05) is 0 Å². The van der Waals surface area contributed by atoms with Crippen molar-refractivity contribution in [1.82, 2.24) is 15.8 Å². The molecule has 0 aliphatic carbocycles. The highest BCUT2D eigenvalue weighted by Crippen LogP contribution is 2.05. The van der Waals surface area contributed by atoms with Gasteiger partial charge in [-0.05, 0) is 34.4 Å². The molecule has 0 atom stereocenters. The minimum atomic E-state index is -0.606. The van der Waals surface area contributed by atoms with Gasteiger partial charge in [-0.1, -0.05) is 54.6 Å². The number of nitrogens with zero attached hydrogens (tertiary/aromatic N) is 3. The van der Waals surface area contributed by atoms with Gasteiger partial charge in [-0.15, -0.1) is 0 Å². The summed E-state index contributed by atoms with van der Waals surface area (Å²) in [5, 5.41) is 7.76. The lowest BCUT2D eigenvalue weighted by molar-refractivity contribution is -0.118. The second kappa shape index (κ2) is 12.3. The smallest absolute Gasteiger partial charge is 0.289 e. The average Bonchev–Trinajstić information content (AvgIpc) is 2.85. The van der Waals surface area contributed by atoms with Gasteiger partial charge < -0.3 is 11.5 Å². The Morgan fingerprint density at radius 3 is 1.42 bits per heavy atom. The highest BCUT2D eigenvalue weighted by molar-refractivity contribution is 5.97. The molecule has 3 aromatic rings. The van der Waals surface area contributed by atoms with Crippen LogP contribution in [0.1, 0.15) is 43.2 Å². The lowest BCUT2D eigenvalue weighted by Crippen LogP contribution is -2.23. The molecule has 0 unspecified atom stereocenters. The van der Waals surface area contributed by atoms with Crippen LogP contribution in [0.2, 0.25) is 0 Å². The number of carbonyl (C=O) groups excluding carboxylic acids is 4. The van der Waals surface area contributed by atoms with Crippen LogP contribution in [-0.4, -0.2) is 41.0 Å². The predicted molar refractivity (Wildman–Crippen MR) is 133 cm³/mol. The molecule has 3 rings (SSSR count). The SMILES string of the molecule is NC(=O)Cc1ccc(C=NNC(=O)c2cccc(C(=O)NN=Cc3ccc(CC(N)=O)cc3)n2)cc1. The lowest BCUT2D eigenvalue weighted by atomic mass is 10.1. The summed E-state index contributed by atoms with van der Waals surface area (Å²) in [5.74, 6) is -2.06. The number of hydrazone groups is 2. The normalized spacial score (nSPS) is 10.9. The summed E-state index contributed by atoms with van der Waals surface area (Å²) in [6, 6.07) is 18.3. The molecule has 1 aromatic heterocycles. The number of benzene rings is 2. The number of primary amides is 2. The lowest BCUT2D eigenvalue weighted by Gasteiger charge is -2.03. The fraction of sp³-hybridized carbons (Fsp3) is 0.0800. The van der Waals surface area contributed by atoms with Crippen molar-refractivity contribution in [2.24, 2.45) is 21.7 Å². The van der Waals surface area contributed by atoms with E-state index in [1.54, 1.807) is 48.5 Å². The molecular formula is C25H23N7O4. The number of hydrogen-bond donors (Lipinski definition) is 4. The van der Waals surface area contributed by atoms with Gasteiger partial charge in [0.2, 0.25) is 11.8 Å². The Morgan fingerprint density at radius 1 is 0.667 bits per heavy atom. The zero-order valence-corrected chi connectivity index (χ0v) is 19.0. The summed E-state index contributed by atoms with van der Waals surface area (Å²) < 4.78 is 0. The van der Waals surface area contributed by atoms with E-state index in [9.17, 15) is 19.2 Å². The van der Waals surface area contributed by atoms with Crippen molar-refractivity contribution in [1.29, 1.82) is 0 Å². The molecule has 0 saturated carbocycles. The van der Waals surface area contributed by atoms with Gasteiger partial charge in [0.15, 0.2) is 0 Å². The molecular weight excluding hydrogens is 462 g/mol. The van der Waals surface area contributed by atoms with Crippen LogP contribution in [0.3, 0.4) is 0 Å². The van der Waals surface area contributed by atoms with Crippen LogP contribution < -0.4 is 22.3 Å². The fourth-order valence-corrected chi connectivity index (χ4v) is 2.98. The molecule has 2 aromatic carbocycles. The van der Waals surface area contributed by atoms with Crippen LogP contribution >= 0.6 is 0 Å². The molecule has 0 aliphatic rings. The van der Waals surface area contributed by atoms with Gasteiger partial charge in [0, 0.05) is 0 Å². The quantitative estimate of drug-likeness (QED) is 0.243. The van der Waals surface area contributed by atoms with Crippen molar-refractivity contribution >= 4 is 36.1 Å². The van der Waals surface area contributed by atoms with Crippen LogP contribution in [-0.2, 0) is 22.4 Å². The minimum Gasteiger partial charge on any atom is -0.369 e. The van der Waals surface area contributed by atoms with Gasteiger partial charge in [-0.2, -0.15) is 10.2 Å². The van der Waals surface area contributed by atoms with Crippen molar-refractivity contribution < 1.29 is 19.2 Å². The Morgan fingerprint density at radius 2 is 1.06 bits per heavy atom.